The Labute approximate surface area is 120 Å². The number of hydrogen-bond donors (Lipinski definition) is 1. The van der Waals surface area contributed by atoms with Gasteiger partial charge < -0.3 is 10.5 Å². The highest BCUT2D eigenvalue weighted by Gasteiger charge is 2.06. The maximum atomic E-state index is 13.2. The first-order valence-corrected chi connectivity index (χ1v) is 6.96. The summed E-state index contributed by atoms with van der Waals surface area (Å²) in [5, 5.41) is 0.648. The van der Waals surface area contributed by atoms with Gasteiger partial charge in [0, 0.05) is 26.9 Å². The predicted octanol–water partition coefficient (Wildman–Crippen LogP) is 4.36. The Balaban J connectivity index is 2.16. The normalized spacial score (nSPS) is 10.5. The highest BCUT2D eigenvalue weighted by Crippen LogP contribution is 2.31. The summed E-state index contributed by atoms with van der Waals surface area (Å²) in [6.45, 7) is 0. The van der Waals surface area contributed by atoms with Crippen LogP contribution in [-0.4, -0.2) is 7.11 Å². The molecule has 0 atom stereocenters. The Morgan fingerprint density at radius 2 is 2.05 bits per heavy atom. The second-order valence-electron chi connectivity index (χ2n) is 3.97. The Morgan fingerprint density at radius 1 is 1.26 bits per heavy atom. The van der Waals surface area contributed by atoms with E-state index in [1.807, 2.05) is 12.1 Å². The Kier molecular flexibility index (Phi) is 4.56. The minimum absolute atomic E-state index is 0.333. The lowest BCUT2D eigenvalue weighted by atomic mass is 10.2. The number of anilines is 1. The second-order valence-corrected chi connectivity index (χ2v) is 5.45. The van der Waals surface area contributed by atoms with E-state index in [1.165, 1.54) is 23.9 Å². The van der Waals surface area contributed by atoms with Crippen molar-refractivity contribution in [3.05, 3.63) is 52.8 Å². The molecular weight excluding hydrogens is 285 g/mol. The standard InChI is InChI=1S/C14H13ClFNOS/c1-18-14-3-2-10(15)4-9(14)8-19-13-6-11(16)5-12(17)7-13/h2-7H,8,17H2,1H3. The first-order chi connectivity index (χ1) is 9.08. The van der Waals surface area contributed by atoms with Crippen LogP contribution in [0.4, 0.5) is 10.1 Å². The van der Waals surface area contributed by atoms with Crippen molar-refractivity contribution < 1.29 is 9.13 Å². The number of rotatable bonds is 4. The van der Waals surface area contributed by atoms with Crippen LogP contribution in [0.25, 0.3) is 0 Å². The van der Waals surface area contributed by atoms with Gasteiger partial charge in [-0.3, -0.25) is 0 Å². The van der Waals surface area contributed by atoms with Crippen LogP contribution in [0.5, 0.6) is 5.75 Å². The molecule has 0 saturated carbocycles. The molecule has 0 fully saturated rings. The summed E-state index contributed by atoms with van der Waals surface area (Å²) >= 11 is 7.44. The number of ether oxygens (including phenoxy) is 1. The van der Waals surface area contributed by atoms with Crippen molar-refractivity contribution in [3.63, 3.8) is 0 Å². The van der Waals surface area contributed by atoms with Crippen LogP contribution in [0.15, 0.2) is 41.3 Å². The number of benzene rings is 2. The van der Waals surface area contributed by atoms with E-state index in [9.17, 15) is 4.39 Å². The molecule has 2 rings (SSSR count). The molecule has 0 aliphatic rings. The number of hydrogen-bond acceptors (Lipinski definition) is 3. The molecule has 0 aliphatic carbocycles. The van der Waals surface area contributed by atoms with Gasteiger partial charge in [-0.15, -0.1) is 11.8 Å². The molecule has 0 amide bonds. The number of nitrogen functional groups attached to an aromatic ring is 1. The Bertz CT molecular complexity index is 571. The van der Waals surface area contributed by atoms with Gasteiger partial charge in [-0.2, -0.15) is 0 Å². The maximum Gasteiger partial charge on any atom is 0.126 e. The van der Waals surface area contributed by atoms with Crippen molar-refractivity contribution in [1.82, 2.24) is 0 Å². The van der Waals surface area contributed by atoms with E-state index in [-0.39, 0.29) is 5.82 Å². The summed E-state index contributed by atoms with van der Waals surface area (Å²) in [7, 11) is 1.61. The lowest BCUT2D eigenvalue weighted by Gasteiger charge is -2.09. The van der Waals surface area contributed by atoms with Crippen LogP contribution >= 0.6 is 23.4 Å². The smallest absolute Gasteiger partial charge is 0.126 e. The van der Waals surface area contributed by atoms with Gasteiger partial charge in [0.15, 0.2) is 0 Å². The summed E-state index contributed by atoms with van der Waals surface area (Å²) in [5.41, 5.74) is 6.99. The largest absolute Gasteiger partial charge is 0.496 e. The van der Waals surface area contributed by atoms with Crippen molar-refractivity contribution in [2.45, 2.75) is 10.6 Å². The van der Waals surface area contributed by atoms with Gasteiger partial charge in [0.2, 0.25) is 0 Å². The molecule has 2 aromatic rings. The van der Waals surface area contributed by atoms with Crippen LogP contribution in [-0.2, 0) is 5.75 Å². The van der Waals surface area contributed by atoms with Crippen molar-refractivity contribution >= 4 is 29.1 Å². The van der Waals surface area contributed by atoms with Gasteiger partial charge in [0.25, 0.3) is 0 Å². The van der Waals surface area contributed by atoms with Crippen LogP contribution in [0.2, 0.25) is 5.02 Å². The van der Waals surface area contributed by atoms with Gasteiger partial charge in [-0.25, -0.2) is 4.39 Å². The van der Waals surface area contributed by atoms with Crippen molar-refractivity contribution in [1.29, 1.82) is 0 Å². The van der Waals surface area contributed by atoms with Gasteiger partial charge in [-0.05, 0) is 36.4 Å². The molecule has 5 heteroatoms. The molecule has 2 aromatic carbocycles. The zero-order chi connectivity index (χ0) is 13.8. The molecule has 0 aliphatic heterocycles. The number of nitrogens with two attached hydrogens (primary N) is 1. The molecule has 0 saturated heterocycles. The van der Waals surface area contributed by atoms with E-state index < -0.39 is 0 Å². The fraction of sp³-hybridized carbons (Fsp3) is 0.143. The average Bonchev–Trinajstić information content (AvgIpc) is 2.35. The molecular formula is C14H13ClFNOS. The third-order valence-electron chi connectivity index (χ3n) is 2.53. The van der Waals surface area contributed by atoms with E-state index in [2.05, 4.69) is 0 Å². The van der Waals surface area contributed by atoms with Crippen molar-refractivity contribution in [3.8, 4) is 5.75 Å². The summed E-state index contributed by atoms with van der Waals surface area (Å²) in [4.78, 5) is 0.777. The molecule has 19 heavy (non-hydrogen) atoms. The third kappa shape index (κ3) is 3.78. The monoisotopic (exact) mass is 297 g/mol. The minimum atomic E-state index is -0.333. The number of thioether (sulfide) groups is 1. The molecule has 0 aromatic heterocycles. The number of methoxy groups -OCH3 is 1. The van der Waals surface area contributed by atoms with E-state index in [1.54, 1.807) is 19.2 Å². The van der Waals surface area contributed by atoms with Crippen LogP contribution < -0.4 is 10.5 Å². The molecule has 2 nitrogen and oxygen atoms in total. The summed E-state index contributed by atoms with van der Waals surface area (Å²) in [6, 6.07) is 9.93. The van der Waals surface area contributed by atoms with Gasteiger partial charge in [-0.1, -0.05) is 11.6 Å². The number of halogens is 2. The molecule has 2 N–H and O–H groups in total. The molecule has 0 unspecified atom stereocenters. The Hall–Kier alpha value is -1.39. The zero-order valence-electron chi connectivity index (χ0n) is 10.3. The fourth-order valence-electron chi connectivity index (χ4n) is 1.69. The van der Waals surface area contributed by atoms with Crippen molar-refractivity contribution in [2.75, 3.05) is 12.8 Å². The molecule has 0 spiro atoms. The van der Waals surface area contributed by atoms with Crippen molar-refractivity contribution in [2.24, 2.45) is 0 Å². The maximum absolute atomic E-state index is 13.2. The minimum Gasteiger partial charge on any atom is -0.496 e. The average molecular weight is 298 g/mol. The Morgan fingerprint density at radius 3 is 2.74 bits per heavy atom. The molecule has 100 valence electrons. The second kappa shape index (κ2) is 6.17. The highest BCUT2D eigenvalue weighted by atomic mass is 35.5. The quantitative estimate of drug-likeness (QED) is 0.672. The first kappa shape index (κ1) is 14.0. The summed E-state index contributed by atoms with van der Waals surface area (Å²) < 4.78 is 18.5. The molecule has 0 bridgehead atoms. The van der Waals surface area contributed by atoms with Gasteiger partial charge >= 0.3 is 0 Å². The van der Waals surface area contributed by atoms with E-state index in [4.69, 9.17) is 22.1 Å². The van der Waals surface area contributed by atoms with Crippen LogP contribution in [0, 0.1) is 5.82 Å². The molecule has 0 heterocycles. The van der Waals surface area contributed by atoms with Gasteiger partial charge in [0.1, 0.15) is 11.6 Å². The first-order valence-electron chi connectivity index (χ1n) is 5.60. The van der Waals surface area contributed by atoms with E-state index in [0.717, 1.165) is 16.2 Å². The van der Waals surface area contributed by atoms with Crippen LogP contribution in [0.1, 0.15) is 5.56 Å². The van der Waals surface area contributed by atoms with Crippen LogP contribution in [0.3, 0.4) is 0 Å². The molecule has 0 radical (unpaired) electrons. The van der Waals surface area contributed by atoms with E-state index in [0.29, 0.717) is 16.5 Å². The predicted molar refractivity (Wildman–Crippen MR) is 78.4 cm³/mol. The fourth-order valence-corrected chi connectivity index (χ4v) is 2.85. The SMILES string of the molecule is COc1ccc(Cl)cc1CSc1cc(N)cc(F)c1. The topological polar surface area (TPSA) is 35.2 Å². The van der Waals surface area contributed by atoms with E-state index >= 15 is 0 Å². The highest BCUT2D eigenvalue weighted by molar-refractivity contribution is 7.98. The lowest BCUT2D eigenvalue weighted by Crippen LogP contribution is -1.91. The zero-order valence-corrected chi connectivity index (χ0v) is 11.9. The lowest BCUT2D eigenvalue weighted by molar-refractivity contribution is 0.411. The summed E-state index contributed by atoms with van der Waals surface area (Å²) in [6.07, 6.45) is 0. The van der Waals surface area contributed by atoms with Gasteiger partial charge in [0.05, 0.1) is 7.11 Å². The summed E-state index contributed by atoms with van der Waals surface area (Å²) in [5.74, 6) is 1.06. The third-order valence-corrected chi connectivity index (χ3v) is 3.79.